The van der Waals surface area contributed by atoms with Gasteiger partial charge in [0.25, 0.3) is 0 Å². The van der Waals surface area contributed by atoms with Crippen LogP contribution in [-0.2, 0) is 49.4 Å². The number of rotatable bonds is 12. The summed E-state index contributed by atoms with van der Waals surface area (Å²) < 4.78 is 98.2. The first-order valence-corrected chi connectivity index (χ1v) is 11.5. The van der Waals surface area contributed by atoms with Gasteiger partial charge in [-0.15, -0.1) is 0 Å². The SMILES string of the molecule is COC(=O)CO[C@H]1[C@H](OC)O[C@H](COCc2ccc(OC)cc2)[C@@H](OS(=O)(=O)C(F)(F)F)[C@@H]1N=[N+]=[N-]. The number of benzene rings is 1. The van der Waals surface area contributed by atoms with Crippen LogP contribution >= 0.6 is 0 Å². The smallest absolute Gasteiger partial charge is 0.497 e. The van der Waals surface area contributed by atoms with E-state index in [1.807, 2.05) is 0 Å². The highest BCUT2D eigenvalue weighted by Gasteiger charge is 2.55. The molecule has 36 heavy (non-hydrogen) atoms. The lowest BCUT2D eigenvalue weighted by atomic mass is 9.97. The number of nitrogens with zero attached hydrogens (tertiary/aromatic N) is 3. The third kappa shape index (κ3) is 7.67. The summed E-state index contributed by atoms with van der Waals surface area (Å²) in [6, 6.07) is 4.89. The van der Waals surface area contributed by atoms with Crippen molar-refractivity contribution in [2.24, 2.45) is 5.11 Å². The summed E-state index contributed by atoms with van der Waals surface area (Å²) in [6.45, 7) is -1.28. The monoisotopic (exact) mass is 543 g/mol. The van der Waals surface area contributed by atoms with Gasteiger partial charge < -0.3 is 28.4 Å². The van der Waals surface area contributed by atoms with Crippen molar-refractivity contribution >= 4 is 16.1 Å². The first-order chi connectivity index (χ1) is 17.0. The molecule has 0 saturated carbocycles. The first kappa shape index (κ1) is 29.6. The molecule has 1 fully saturated rings. The molecule has 1 heterocycles. The van der Waals surface area contributed by atoms with E-state index < -0.39 is 65.5 Å². The van der Waals surface area contributed by atoms with Gasteiger partial charge in [-0.1, -0.05) is 17.2 Å². The van der Waals surface area contributed by atoms with E-state index in [2.05, 4.69) is 18.9 Å². The minimum atomic E-state index is -6.17. The summed E-state index contributed by atoms with van der Waals surface area (Å²) in [5, 5.41) is 3.37. The van der Waals surface area contributed by atoms with Gasteiger partial charge in [0, 0.05) is 12.0 Å². The maximum Gasteiger partial charge on any atom is 0.523 e. The van der Waals surface area contributed by atoms with Crippen molar-refractivity contribution in [3.8, 4) is 5.75 Å². The number of azide groups is 1. The molecule has 0 spiro atoms. The number of ether oxygens (including phenoxy) is 6. The van der Waals surface area contributed by atoms with Gasteiger partial charge in [-0.3, -0.25) is 4.18 Å². The average molecular weight is 543 g/mol. The Labute approximate surface area is 204 Å². The highest BCUT2D eigenvalue weighted by Crippen LogP contribution is 2.34. The largest absolute Gasteiger partial charge is 0.523 e. The van der Waals surface area contributed by atoms with Crippen LogP contribution in [0.1, 0.15) is 5.56 Å². The van der Waals surface area contributed by atoms with Gasteiger partial charge in [-0.05, 0) is 23.2 Å². The van der Waals surface area contributed by atoms with E-state index in [0.29, 0.717) is 11.3 Å². The number of alkyl halides is 3. The minimum absolute atomic E-state index is 0.0469. The number of hydrogen-bond acceptors (Lipinski definition) is 11. The van der Waals surface area contributed by atoms with Crippen molar-refractivity contribution in [3.05, 3.63) is 40.3 Å². The van der Waals surface area contributed by atoms with Gasteiger partial charge in [0.1, 0.15) is 30.7 Å². The van der Waals surface area contributed by atoms with E-state index in [0.717, 1.165) is 14.2 Å². The van der Waals surface area contributed by atoms with Gasteiger partial charge in [0.05, 0.1) is 33.5 Å². The Kier molecular flexibility index (Phi) is 10.7. The van der Waals surface area contributed by atoms with E-state index in [-0.39, 0.29) is 6.61 Å². The normalized spacial score (nSPS) is 24.6. The predicted octanol–water partition coefficient (Wildman–Crippen LogP) is 2.05. The van der Waals surface area contributed by atoms with E-state index in [4.69, 9.17) is 29.2 Å². The fourth-order valence-corrected chi connectivity index (χ4v) is 3.78. The quantitative estimate of drug-likeness (QED) is 0.0951. The molecule has 0 N–H and O–H groups in total. The van der Waals surface area contributed by atoms with Crippen LogP contribution in [-0.4, -0.2) is 85.1 Å². The summed E-state index contributed by atoms with van der Waals surface area (Å²) in [7, 11) is -2.49. The maximum absolute atomic E-state index is 13.1. The Morgan fingerprint density at radius 2 is 1.83 bits per heavy atom. The van der Waals surface area contributed by atoms with Gasteiger partial charge in [-0.2, -0.15) is 21.6 Å². The molecule has 0 radical (unpaired) electrons. The molecule has 1 aromatic rings. The lowest BCUT2D eigenvalue weighted by molar-refractivity contribution is -0.276. The lowest BCUT2D eigenvalue weighted by Crippen LogP contribution is -2.61. The molecule has 5 atom stereocenters. The van der Waals surface area contributed by atoms with Crippen LogP contribution in [0.3, 0.4) is 0 Å². The second kappa shape index (κ2) is 13.0. The Hall–Kier alpha value is -2.66. The molecule has 0 aliphatic carbocycles. The van der Waals surface area contributed by atoms with Gasteiger partial charge in [0.15, 0.2) is 6.29 Å². The molecule has 17 heteroatoms. The van der Waals surface area contributed by atoms with E-state index >= 15 is 0 Å². The summed E-state index contributed by atoms with van der Waals surface area (Å²) in [5.41, 5.74) is 3.87. The van der Waals surface area contributed by atoms with E-state index in [9.17, 15) is 26.4 Å². The first-order valence-electron chi connectivity index (χ1n) is 10.1. The van der Waals surface area contributed by atoms with Crippen molar-refractivity contribution in [2.45, 2.75) is 42.8 Å². The highest BCUT2D eigenvalue weighted by molar-refractivity contribution is 7.87. The molecule has 1 aliphatic heterocycles. The van der Waals surface area contributed by atoms with Gasteiger partial charge in [-0.25, -0.2) is 4.79 Å². The summed E-state index contributed by atoms with van der Waals surface area (Å²) in [4.78, 5) is 14.1. The van der Waals surface area contributed by atoms with Crippen LogP contribution < -0.4 is 4.74 Å². The lowest BCUT2D eigenvalue weighted by Gasteiger charge is -2.43. The van der Waals surface area contributed by atoms with Gasteiger partial charge >= 0.3 is 21.6 Å². The minimum Gasteiger partial charge on any atom is -0.497 e. The molecule has 0 aromatic heterocycles. The van der Waals surface area contributed by atoms with Crippen LogP contribution in [0.5, 0.6) is 5.75 Å². The number of halogens is 3. The molecule has 0 bridgehead atoms. The Balaban J connectivity index is 2.32. The Morgan fingerprint density at radius 1 is 1.17 bits per heavy atom. The zero-order chi connectivity index (χ0) is 26.9. The topological polar surface area (TPSA) is 165 Å². The predicted molar refractivity (Wildman–Crippen MR) is 113 cm³/mol. The standard InChI is InChI=1S/C19H24F3N3O10S/c1-29-12-6-4-11(5-7-12)8-32-9-13-16(35-36(27,28)19(20,21)22)15(24-25-23)17(18(31-3)34-13)33-10-14(26)30-2/h4-7,13,15-18H,8-10H2,1-3H3/t13-,15+,16-,17-,18-/m1/s1. The third-order valence-electron chi connectivity index (χ3n) is 4.89. The zero-order valence-corrected chi connectivity index (χ0v) is 20.1. The van der Waals surface area contributed by atoms with E-state index in [1.54, 1.807) is 24.3 Å². The zero-order valence-electron chi connectivity index (χ0n) is 19.3. The summed E-state index contributed by atoms with van der Waals surface area (Å²) in [5.74, 6) is -0.298. The second-order valence-corrected chi connectivity index (χ2v) is 8.71. The number of hydrogen-bond donors (Lipinski definition) is 0. The van der Waals surface area contributed by atoms with Crippen molar-refractivity contribution in [1.82, 2.24) is 0 Å². The van der Waals surface area contributed by atoms with Crippen LogP contribution in [0.2, 0.25) is 0 Å². The maximum atomic E-state index is 13.1. The fourth-order valence-electron chi connectivity index (χ4n) is 3.14. The molecule has 1 aliphatic rings. The van der Waals surface area contributed by atoms with Gasteiger partial charge in [0.2, 0.25) is 0 Å². The number of esters is 1. The number of carbonyl (C=O) groups is 1. The average Bonchev–Trinajstić information content (AvgIpc) is 2.84. The highest BCUT2D eigenvalue weighted by atomic mass is 32.2. The molecular formula is C19H24F3N3O10S. The molecule has 202 valence electrons. The fraction of sp³-hybridized carbons (Fsp3) is 0.632. The van der Waals surface area contributed by atoms with Crippen LogP contribution in [0.15, 0.2) is 29.4 Å². The third-order valence-corrected chi connectivity index (χ3v) is 5.93. The van der Waals surface area contributed by atoms with Crippen molar-refractivity contribution in [3.63, 3.8) is 0 Å². The van der Waals surface area contributed by atoms with E-state index in [1.165, 1.54) is 7.11 Å². The van der Waals surface area contributed by atoms with Crippen molar-refractivity contribution < 1.29 is 59.0 Å². The van der Waals surface area contributed by atoms with Crippen LogP contribution in [0, 0.1) is 0 Å². The molecule has 2 rings (SSSR count). The Bertz CT molecular complexity index is 1020. The molecule has 1 saturated heterocycles. The summed E-state index contributed by atoms with van der Waals surface area (Å²) in [6.07, 6.45) is -6.54. The molecule has 1 aromatic carbocycles. The summed E-state index contributed by atoms with van der Waals surface area (Å²) >= 11 is 0. The van der Waals surface area contributed by atoms with Crippen LogP contribution in [0.25, 0.3) is 10.4 Å². The van der Waals surface area contributed by atoms with Crippen molar-refractivity contribution in [1.29, 1.82) is 0 Å². The number of carbonyl (C=O) groups excluding carboxylic acids is 1. The molecule has 0 amide bonds. The molecule has 13 nitrogen and oxygen atoms in total. The van der Waals surface area contributed by atoms with Crippen LogP contribution in [0.4, 0.5) is 13.2 Å². The molecule has 0 unspecified atom stereocenters. The van der Waals surface area contributed by atoms with Crippen molar-refractivity contribution in [2.75, 3.05) is 34.5 Å². The number of methoxy groups -OCH3 is 3. The second-order valence-electron chi connectivity index (χ2n) is 7.15. The molecular weight excluding hydrogens is 519 g/mol. The Morgan fingerprint density at radius 3 is 2.36 bits per heavy atom.